The predicted octanol–water partition coefficient (Wildman–Crippen LogP) is 1.68. The smallest absolute Gasteiger partial charge is 0.0780 e. The maximum absolute atomic E-state index is 2.29. The minimum absolute atomic E-state index is 0. The third-order valence-corrected chi connectivity index (χ3v) is 3.18. The van der Waals surface area contributed by atoms with Crippen molar-refractivity contribution in [3.05, 3.63) is 0 Å². The molecule has 0 N–H and O–H groups in total. The first-order chi connectivity index (χ1) is 7.56. The summed E-state index contributed by atoms with van der Waals surface area (Å²) in [6, 6.07) is 0. The van der Waals surface area contributed by atoms with Gasteiger partial charge in [0.15, 0.2) is 0 Å². The van der Waals surface area contributed by atoms with E-state index in [0.29, 0.717) is 0 Å². The third-order valence-electron chi connectivity index (χ3n) is 3.18. The molecule has 0 radical (unpaired) electrons. The van der Waals surface area contributed by atoms with Gasteiger partial charge >= 0.3 is 0 Å². The highest BCUT2D eigenvalue weighted by molar-refractivity contribution is 6.92. The minimum atomic E-state index is 0. The molecule has 0 bridgehead atoms. The molecule has 0 fully saturated rings. The van der Waals surface area contributed by atoms with Crippen LogP contribution < -0.4 is 17.0 Å². The van der Waals surface area contributed by atoms with E-state index in [9.17, 15) is 0 Å². The summed E-state index contributed by atoms with van der Waals surface area (Å²) in [7, 11) is 6.86. The van der Waals surface area contributed by atoms with Gasteiger partial charge in [0.05, 0.1) is 27.7 Å². The van der Waals surface area contributed by atoms with Crippen LogP contribution in [0, 0.1) is 0 Å². The molecule has 18 heavy (non-hydrogen) atoms. The van der Waals surface area contributed by atoms with Crippen LogP contribution in [0.5, 0.6) is 0 Å². The summed E-state index contributed by atoms with van der Waals surface area (Å²) in [5.41, 5.74) is 0. The van der Waals surface area contributed by atoms with Gasteiger partial charge < -0.3 is 21.5 Å². The Morgan fingerprint density at radius 3 is 1.28 bits per heavy atom. The number of halogens is 1. The highest BCUT2D eigenvalue weighted by Crippen LogP contribution is 2.10. The first kappa shape index (κ1) is 23.9. The summed E-state index contributed by atoms with van der Waals surface area (Å²) in [6.07, 6.45) is 14.4. The molecule has 0 saturated carbocycles. The summed E-state index contributed by atoms with van der Waals surface area (Å²) >= 11 is 0. The lowest BCUT2D eigenvalue weighted by Crippen LogP contribution is -3.00. The van der Waals surface area contributed by atoms with Crippen LogP contribution >= 0.6 is 9.90 Å². The quantitative estimate of drug-likeness (QED) is 0.304. The molecular weight excluding hydrogens is 305 g/mol. The van der Waals surface area contributed by atoms with Crippen molar-refractivity contribution in [2.75, 3.05) is 27.7 Å². The Morgan fingerprint density at radius 2 is 0.944 bits per heavy atom. The van der Waals surface area contributed by atoms with E-state index in [4.69, 9.17) is 0 Å². The molecule has 0 aliphatic rings. The molecule has 0 aliphatic heterocycles. The highest BCUT2D eigenvalue weighted by atomic mass is 79.9. The van der Waals surface area contributed by atoms with Crippen LogP contribution in [0.25, 0.3) is 0 Å². The average Bonchev–Trinajstić information content (AvgIpc) is 2.19. The zero-order valence-electron chi connectivity index (χ0n) is 13.3. The second kappa shape index (κ2) is 15.9. The van der Waals surface area contributed by atoms with E-state index in [2.05, 4.69) is 28.1 Å². The van der Waals surface area contributed by atoms with Gasteiger partial charge in [-0.25, -0.2) is 0 Å². The summed E-state index contributed by atoms with van der Waals surface area (Å²) in [5, 5.41) is 0. The van der Waals surface area contributed by atoms with E-state index in [-0.39, 0.29) is 26.9 Å². The van der Waals surface area contributed by atoms with Gasteiger partial charge in [0.2, 0.25) is 0 Å². The molecule has 0 aromatic heterocycles. The summed E-state index contributed by atoms with van der Waals surface area (Å²) < 4.78 is 1.12. The molecule has 1 nitrogen and oxygen atoms in total. The second-order valence-corrected chi connectivity index (χ2v) is 6.20. The second-order valence-electron chi connectivity index (χ2n) is 6.20. The fraction of sp³-hybridized carbons (Fsp3) is 1.00. The fourth-order valence-electron chi connectivity index (χ4n) is 2.07. The summed E-state index contributed by atoms with van der Waals surface area (Å²) in [4.78, 5) is 0. The molecule has 0 aromatic carbocycles. The minimum Gasteiger partial charge on any atom is -1.00 e. The Bertz CT molecular complexity index is 146. The van der Waals surface area contributed by atoms with Crippen molar-refractivity contribution in [1.29, 1.82) is 0 Å². The normalized spacial score (nSPS) is 10.7. The third kappa shape index (κ3) is 22.1. The standard InChI is InChI=1S/C15H34N.BrH.H3P/c1-5-6-7-8-9-10-11-12-13-14-15-16(2,3)4;;/h5-15H2,1-4H3;1H;1H3/q+1;;/p-1. The number of unbranched alkanes of at least 4 members (excludes halogenated alkanes) is 9. The molecule has 3 heteroatoms. The molecule has 0 aromatic rings. The number of hydrogen-bond donors (Lipinski definition) is 0. The molecule has 1 atom stereocenters. The number of rotatable bonds is 11. The van der Waals surface area contributed by atoms with Crippen LogP contribution in [0.2, 0.25) is 0 Å². The SMILES string of the molecule is CCCCCCCCCCCC[N+](C)(C)C.P.[Br-]. The van der Waals surface area contributed by atoms with Crippen molar-refractivity contribution in [1.82, 2.24) is 0 Å². The van der Waals surface area contributed by atoms with Crippen molar-refractivity contribution in [2.24, 2.45) is 0 Å². The van der Waals surface area contributed by atoms with Crippen molar-refractivity contribution in [3.8, 4) is 0 Å². The van der Waals surface area contributed by atoms with Crippen molar-refractivity contribution >= 4 is 9.90 Å². The van der Waals surface area contributed by atoms with Gasteiger partial charge in [-0.3, -0.25) is 0 Å². The molecule has 0 rings (SSSR count). The molecule has 0 aliphatic carbocycles. The zero-order chi connectivity index (χ0) is 12.3. The number of hydrogen-bond acceptors (Lipinski definition) is 0. The van der Waals surface area contributed by atoms with Crippen LogP contribution in [0.1, 0.15) is 71.1 Å². The van der Waals surface area contributed by atoms with Crippen LogP contribution in [0.15, 0.2) is 0 Å². The van der Waals surface area contributed by atoms with Gasteiger partial charge in [-0.05, 0) is 12.8 Å². The molecule has 1 unspecified atom stereocenters. The van der Waals surface area contributed by atoms with E-state index >= 15 is 0 Å². The summed E-state index contributed by atoms with van der Waals surface area (Å²) in [5.74, 6) is 0. The van der Waals surface area contributed by atoms with Gasteiger partial charge in [0.25, 0.3) is 0 Å². The van der Waals surface area contributed by atoms with Crippen molar-refractivity contribution in [2.45, 2.75) is 71.1 Å². The van der Waals surface area contributed by atoms with Gasteiger partial charge in [-0.1, -0.05) is 58.3 Å². The van der Waals surface area contributed by atoms with E-state index in [0.717, 1.165) is 4.48 Å². The average molecular weight is 342 g/mol. The lowest BCUT2D eigenvalue weighted by atomic mass is 10.1. The van der Waals surface area contributed by atoms with Gasteiger partial charge in [-0.15, -0.1) is 0 Å². The monoisotopic (exact) mass is 341 g/mol. The van der Waals surface area contributed by atoms with E-state index < -0.39 is 0 Å². The molecule has 0 saturated heterocycles. The maximum atomic E-state index is 2.29. The Labute approximate surface area is 130 Å². The topological polar surface area (TPSA) is 0 Å². The summed E-state index contributed by atoms with van der Waals surface area (Å²) in [6.45, 7) is 3.62. The van der Waals surface area contributed by atoms with Crippen LogP contribution in [-0.2, 0) is 0 Å². The van der Waals surface area contributed by atoms with E-state index in [1.54, 1.807) is 0 Å². The van der Waals surface area contributed by atoms with Crippen molar-refractivity contribution in [3.63, 3.8) is 0 Å². The van der Waals surface area contributed by atoms with E-state index in [1.807, 2.05) is 0 Å². The van der Waals surface area contributed by atoms with Crippen LogP contribution in [-0.4, -0.2) is 32.2 Å². The van der Waals surface area contributed by atoms with Crippen molar-refractivity contribution < 1.29 is 21.5 Å². The van der Waals surface area contributed by atoms with E-state index in [1.165, 1.54) is 70.8 Å². The molecular formula is C15H37BrNP. The highest BCUT2D eigenvalue weighted by Gasteiger charge is 2.04. The zero-order valence-corrected chi connectivity index (χ0v) is 16.3. The lowest BCUT2D eigenvalue weighted by molar-refractivity contribution is -0.870. The Morgan fingerprint density at radius 1 is 0.611 bits per heavy atom. The molecule has 0 amide bonds. The maximum Gasteiger partial charge on any atom is 0.0780 e. The first-order valence-electron chi connectivity index (χ1n) is 7.36. The lowest BCUT2D eigenvalue weighted by Gasteiger charge is -2.23. The van der Waals surface area contributed by atoms with Gasteiger partial charge in [0.1, 0.15) is 0 Å². The molecule has 0 spiro atoms. The molecule has 0 heterocycles. The Hall–Kier alpha value is 0.870. The Kier molecular flexibility index (Phi) is 21.2. The van der Waals surface area contributed by atoms with Gasteiger partial charge in [0, 0.05) is 0 Å². The van der Waals surface area contributed by atoms with Crippen LogP contribution in [0.4, 0.5) is 0 Å². The largest absolute Gasteiger partial charge is 1.00 e. The number of quaternary nitrogens is 1. The molecule has 114 valence electrons. The number of nitrogens with zero attached hydrogens (tertiary/aromatic N) is 1. The Balaban J connectivity index is -0.00000112. The predicted molar refractivity (Wildman–Crippen MR) is 85.8 cm³/mol. The van der Waals surface area contributed by atoms with Gasteiger partial charge in [-0.2, -0.15) is 9.90 Å². The fourth-order valence-corrected chi connectivity index (χ4v) is 2.07. The van der Waals surface area contributed by atoms with Crippen LogP contribution in [0.3, 0.4) is 0 Å². The first-order valence-corrected chi connectivity index (χ1v) is 7.36.